The van der Waals surface area contributed by atoms with E-state index in [1.54, 1.807) is 23.5 Å². The summed E-state index contributed by atoms with van der Waals surface area (Å²) in [4.78, 5) is 31.5. The van der Waals surface area contributed by atoms with Crippen molar-refractivity contribution in [2.24, 2.45) is 0 Å². The first-order valence-corrected chi connectivity index (χ1v) is 11.5. The number of aromatic nitrogens is 1. The highest BCUT2D eigenvalue weighted by molar-refractivity contribution is 7.22. The Balaban J connectivity index is 1.45. The normalized spacial score (nSPS) is 11.7. The smallest absolute Gasteiger partial charge is 0.263 e. The summed E-state index contributed by atoms with van der Waals surface area (Å²) in [5.74, 6) is -0.320. The summed E-state index contributed by atoms with van der Waals surface area (Å²) < 4.78 is 0. The lowest BCUT2D eigenvalue weighted by Crippen LogP contribution is -2.26. The molecule has 0 fully saturated rings. The van der Waals surface area contributed by atoms with Crippen LogP contribution < -0.4 is 10.6 Å². The van der Waals surface area contributed by atoms with Gasteiger partial charge in [-0.1, -0.05) is 36.4 Å². The highest BCUT2D eigenvalue weighted by atomic mass is 32.1. The number of anilines is 1. The van der Waals surface area contributed by atoms with Gasteiger partial charge in [-0.3, -0.25) is 9.59 Å². The summed E-state index contributed by atoms with van der Waals surface area (Å²) in [6.45, 7) is 3.78. The molecular formula is C24H21N3O2S2. The molecule has 0 saturated heterocycles. The monoisotopic (exact) mass is 447 g/mol. The van der Waals surface area contributed by atoms with E-state index in [1.807, 2.05) is 73.8 Å². The Hall–Kier alpha value is -3.29. The van der Waals surface area contributed by atoms with Gasteiger partial charge in [-0.25, -0.2) is 4.98 Å². The van der Waals surface area contributed by atoms with Gasteiger partial charge in [0.1, 0.15) is 9.88 Å². The van der Waals surface area contributed by atoms with Crippen LogP contribution in [0.5, 0.6) is 0 Å². The quantitative estimate of drug-likeness (QED) is 0.385. The molecule has 5 nitrogen and oxygen atoms in total. The number of benzene rings is 2. The van der Waals surface area contributed by atoms with Crippen molar-refractivity contribution < 1.29 is 9.59 Å². The van der Waals surface area contributed by atoms with Gasteiger partial charge < -0.3 is 10.6 Å². The summed E-state index contributed by atoms with van der Waals surface area (Å²) in [6.07, 6.45) is 0. The number of rotatable bonds is 6. The number of nitrogens with zero attached hydrogens (tertiary/aromatic N) is 1. The molecule has 7 heteroatoms. The first-order valence-electron chi connectivity index (χ1n) is 9.80. The van der Waals surface area contributed by atoms with Gasteiger partial charge in [-0.15, -0.1) is 22.7 Å². The van der Waals surface area contributed by atoms with Crippen LogP contribution in [0.15, 0.2) is 72.1 Å². The lowest BCUT2D eigenvalue weighted by Gasteiger charge is -2.15. The van der Waals surface area contributed by atoms with Gasteiger partial charge in [-0.05, 0) is 55.1 Å². The van der Waals surface area contributed by atoms with Crippen LogP contribution in [0.25, 0.3) is 9.88 Å². The molecule has 2 aromatic carbocycles. The van der Waals surface area contributed by atoms with Crippen molar-refractivity contribution in [1.82, 2.24) is 10.3 Å². The van der Waals surface area contributed by atoms with E-state index in [1.165, 1.54) is 11.3 Å². The molecule has 2 heterocycles. The van der Waals surface area contributed by atoms with Crippen molar-refractivity contribution in [2.45, 2.75) is 19.9 Å². The largest absolute Gasteiger partial charge is 0.345 e. The average Bonchev–Trinajstić information content (AvgIpc) is 3.44. The fourth-order valence-electron chi connectivity index (χ4n) is 3.14. The van der Waals surface area contributed by atoms with Gasteiger partial charge in [0.05, 0.1) is 16.6 Å². The number of carbonyl (C=O) groups excluding carboxylic acids is 2. The summed E-state index contributed by atoms with van der Waals surface area (Å²) in [7, 11) is 0. The molecule has 1 unspecified atom stereocenters. The second-order valence-corrected chi connectivity index (χ2v) is 9.00. The maximum Gasteiger partial charge on any atom is 0.263 e. The Morgan fingerprint density at radius 3 is 2.52 bits per heavy atom. The molecule has 2 amide bonds. The topological polar surface area (TPSA) is 71.1 Å². The molecule has 1 atom stereocenters. The number of thiophene rings is 1. The van der Waals surface area contributed by atoms with E-state index >= 15 is 0 Å². The van der Waals surface area contributed by atoms with Crippen LogP contribution in [0.4, 0.5) is 5.69 Å². The van der Waals surface area contributed by atoms with Gasteiger partial charge in [0.15, 0.2) is 0 Å². The summed E-state index contributed by atoms with van der Waals surface area (Å²) in [5, 5.41) is 8.81. The van der Waals surface area contributed by atoms with Gasteiger partial charge in [0, 0.05) is 11.3 Å². The molecule has 0 aliphatic heterocycles. The number of aryl methyl sites for hydroxylation is 1. The summed E-state index contributed by atoms with van der Waals surface area (Å²) in [6, 6.07) is 20.3. The molecule has 2 N–H and O–H groups in total. The first-order chi connectivity index (χ1) is 15.0. The van der Waals surface area contributed by atoms with Gasteiger partial charge >= 0.3 is 0 Å². The van der Waals surface area contributed by atoms with E-state index in [2.05, 4.69) is 15.6 Å². The molecule has 0 spiro atoms. The summed E-state index contributed by atoms with van der Waals surface area (Å²) in [5.41, 5.74) is 2.90. The maximum absolute atomic E-state index is 12.9. The molecule has 0 aliphatic carbocycles. The number of nitrogens with one attached hydrogen (secondary N) is 2. The van der Waals surface area contributed by atoms with Gasteiger partial charge in [0.2, 0.25) is 0 Å². The van der Waals surface area contributed by atoms with Crippen LogP contribution in [0.3, 0.4) is 0 Å². The predicted molar refractivity (Wildman–Crippen MR) is 127 cm³/mol. The molecule has 0 saturated carbocycles. The number of hydrogen-bond donors (Lipinski definition) is 2. The van der Waals surface area contributed by atoms with Crippen molar-refractivity contribution in [3.63, 3.8) is 0 Å². The molecule has 4 rings (SSSR count). The molecule has 2 aromatic heterocycles. The van der Waals surface area contributed by atoms with Crippen LogP contribution in [0.1, 0.15) is 44.3 Å². The van der Waals surface area contributed by atoms with E-state index in [9.17, 15) is 9.59 Å². The lowest BCUT2D eigenvalue weighted by molar-refractivity contribution is 0.0942. The molecule has 0 bridgehead atoms. The average molecular weight is 448 g/mol. The minimum absolute atomic E-state index is 0.149. The highest BCUT2D eigenvalue weighted by Gasteiger charge is 2.19. The molecule has 156 valence electrons. The van der Waals surface area contributed by atoms with E-state index in [0.29, 0.717) is 16.1 Å². The Bertz CT molecular complexity index is 1200. The lowest BCUT2D eigenvalue weighted by atomic mass is 10.1. The zero-order valence-electron chi connectivity index (χ0n) is 17.1. The van der Waals surface area contributed by atoms with Crippen molar-refractivity contribution in [1.29, 1.82) is 0 Å². The molecule has 31 heavy (non-hydrogen) atoms. The standard InChI is InChI=1S/C24H21N3O2S2/c1-15(25-23(29)21-16(2)26-24(31-21)20-12-7-13-30-20)18-10-6-11-19(14-18)27-22(28)17-8-4-3-5-9-17/h3-15H,1-2H3,(H,25,29)(H,27,28). The van der Waals surface area contributed by atoms with E-state index < -0.39 is 0 Å². The molecule has 0 aliphatic rings. The van der Waals surface area contributed by atoms with Gasteiger partial charge in [0.25, 0.3) is 11.8 Å². The minimum atomic E-state index is -0.229. The maximum atomic E-state index is 12.9. The fourth-order valence-corrected chi connectivity index (χ4v) is 4.90. The molecular weight excluding hydrogens is 426 g/mol. The van der Waals surface area contributed by atoms with Crippen LogP contribution in [-0.4, -0.2) is 16.8 Å². The molecule has 4 aromatic rings. The van der Waals surface area contributed by atoms with Crippen LogP contribution in [-0.2, 0) is 0 Å². The SMILES string of the molecule is Cc1nc(-c2cccs2)sc1C(=O)NC(C)c1cccc(NC(=O)c2ccccc2)c1. The first kappa shape index (κ1) is 21.0. The number of thiazole rings is 1. The van der Waals surface area contributed by atoms with Crippen molar-refractivity contribution >= 4 is 40.2 Å². The van der Waals surface area contributed by atoms with Crippen LogP contribution in [0.2, 0.25) is 0 Å². The third kappa shape index (κ3) is 4.90. The Labute approximate surface area is 188 Å². The Kier molecular flexibility index (Phi) is 6.25. The van der Waals surface area contributed by atoms with E-state index in [4.69, 9.17) is 0 Å². The Morgan fingerprint density at radius 1 is 0.968 bits per heavy atom. The van der Waals surface area contributed by atoms with Crippen molar-refractivity contribution in [2.75, 3.05) is 5.32 Å². The predicted octanol–water partition coefficient (Wildman–Crippen LogP) is 5.92. The molecule has 0 radical (unpaired) electrons. The second-order valence-electron chi connectivity index (χ2n) is 7.05. The van der Waals surface area contributed by atoms with Crippen molar-refractivity contribution in [3.8, 4) is 9.88 Å². The number of amides is 2. The van der Waals surface area contributed by atoms with E-state index in [0.717, 1.165) is 21.1 Å². The minimum Gasteiger partial charge on any atom is -0.345 e. The summed E-state index contributed by atoms with van der Waals surface area (Å²) >= 11 is 3.01. The second kappa shape index (κ2) is 9.24. The van der Waals surface area contributed by atoms with E-state index in [-0.39, 0.29) is 17.9 Å². The van der Waals surface area contributed by atoms with Crippen LogP contribution in [0, 0.1) is 6.92 Å². The number of carbonyl (C=O) groups is 2. The third-order valence-corrected chi connectivity index (χ3v) is 6.96. The van der Waals surface area contributed by atoms with Crippen LogP contribution >= 0.6 is 22.7 Å². The highest BCUT2D eigenvalue weighted by Crippen LogP contribution is 2.31. The van der Waals surface area contributed by atoms with Crippen molar-refractivity contribution in [3.05, 3.63) is 93.8 Å². The Morgan fingerprint density at radius 2 is 1.77 bits per heavy atom. The zero-order chi connectivity index (χ0) is 21.8. The number of hydrogen-bond acceptors (Lipinski definition) is 5. The fraction of sp³-hybridized carbons (Fsp3) is 0.125. The zero-order valence-corrected chi connectivity index (χ0v) is 18.7. The van der Waals surface area contributed by atoms with Gasteiger partial charge in [-0.2, -0.15) is 0 Å². The third-order valence-electron chi connectivity index (χ3n) is 4.76.